The van der Waals surface area contributed by atoms with Gasteiger partial charge < -0.3 is 10.6 Å². The maximum absolute atomic E-state index is 12.6. The van der Waals surface area contributed by atoms with Gasteiger partial charge in [-0.2, -0.15) is 0 Å². The Labute approximate surface area is 166 Å². The monoisotopic (exact) mass is 385 g/mol. The maximum atomic E-state index is 12.6. The molecule has 142 valence electrons. The second-order valence-electron chi connectivity index (χ2n) is 6.26. The molecular weight excluding hydrogens is 370 g/mol. The van der Waals surface area contributed by atoms with E-state index in [4.69, 9.17) is 10.6 Å². The van der Waals surface area contributed by atoms with E-state index in [9.17, 15) is 14.4 Å². The van der Waals surface area contributed by atoms with E-state index in [1.807, 2.05) is 6.07 Å². The van der Waals surface area contributed by atoms with Gasteiger partial charge in [-0.05, 0) is 30.3 Å². The molecule has 1 heterocycles. The molecule has 29 heavy (non-hydrogen) atoms. The predicted octanol–water partition coefficient (Wildman–Crippen LogP) is 2.96. The van der Waals surface area contributed by atoms with Gasteiger partial charge in [0, 0.05) is 5.56 Å². The second kappa shape index (κ2) is 7.40. The van der Waals surface area contributed by atoms with Crippen LogP contribution in [0.4, 0.5) is 5.69 Å². The van der Waals surface area contributed by atoms with Crippen molar-refractivity contribution in [2.45, 2.75) is 0 Å². The zero-order valence-electron chi connectivity index (χ0n) is 15.1. The number of amides is 2. The number of benzene rings is 3. The molecule has 0 saturated heterocycles. The summed E-state index contributed by atoms with van der Waals surface area (Å²) >= 11 is 0. The summed E-state index contributed by atoms with van der Waals surface area (Å²) in [6.07, 6.45) is 0. The highest BCUT2D eigenvalue weighted by Gasteiger charge is 2.36. The minimum atomic E-state index is -0.762. The molecule has 7 heteroatoms. The number of carbonyl (C=O) groups excluding carboxylic acids is 3. The van der Waals surface area contributed by atoms with E-state index in [2.05, 4.69) is 5.16 Å². The first-order valence-electron chi connectivity index (χ1n) is 8.74. The second-order valence-corrected chi connectivity index (χ2v) is 6.26. The molecular formula is C22H15N3O4. The average molecular weight is 385 g/mol. The fourth-order valence-corrected chi connectivity index (χ4v) is 3.00. The standard InChI is InChI=1S/C22H15N3O4/c23-19(14-7-2-1-3-8-14)24-29-22(28)15-9-6-10-16(13-15)25-20(26)17-11-4-5-12-18(17)21(25)27/h1-13H,(H2,23,24). The van der Waals surface area contributed by atoms with Crippen LogP contribution in [0.15, 0.2) is 84.0 Å². The molecule has 7 nitrogen and oxygen atoms in total. The number of imide groups is 1. The summed E-state index contributed by atoms with van der Waals surface area (Å²) in [5.41, 5.74) is 7.47. The van der Waals surface area contributed by atoms with Gasteiger partial charge in [0.1, 0.15) is 0 Å². The van der Waals surface area contributed by atoms with Gasteiger partial charge in [0.05, 0.1) is 22.4 Å². The highest BCUT2D eigenvalue weighted by molar-refractivity contribution is 6.34. The van der Waals surface area contributed by atoms with Crippen LogP contribution < -0.4 is 10.6 Å². The van der Waals surface area contributed by atoms with E-state index < -0.39 is 17.8 Å². The zero-order chi connectivity index (χ0) is 20.4. The number of nitrogens with two attached hydrogens (primary N) is 1. The molecule has 1 aliphatic heterocycles. The third kappa shape index (κ3) is 3.37. The van der Waals surface area contributed by atoms with Crippen molar-refractivity contribution >= 4 is 29.3 Å². The van der Waals surface area contributed by atoms with Crippen LogP contribution >= 0.6 is 0 Å². The summed E-state index contributed by atoms with van der Waals surface area (Å²) in [5.74, 6) is -1.59. The molecule has 3 aromatic rings. The van der Waals surface area contributed by atoms with Crippen molar-refractivity contribution in [3.05, 3.63) is 101 Å². The summed E-state index contributed by atoms with van der Waals surface area (Å²) in [6.45, 7) is 0. The molecule has 1 aliphatic rings. The first kappa shape index (κ1) is 18.1. The molecule has 0 radical (unpaired) electrons. The van der Waals surface area contributed by atoms with Crippen molar-refractivity contribution in [1.29, 1.82) is 0 Å². The van der Waals surface area contributed by atoms with Crippen LogP contribution in [0.25, 0.3) is 0 Å². The largest absolute Gasteiger partial charge is 0.380 e. The Kier molecular flexibility index (Phi) is 4.62. The van der Waals surface area contributed by atoms with E-state index in [0.29, 0.717) is 16.7 Å². The Morgan fingerprint density at radius 3 is 2.03 bits per heavy atom. The van der Waals surface area contributed by atoms with E-state index in [1.54, 1.807) is 60.7 Å². The molecule has 0 aromatic heterocycles. The van der Waals surface area contributed by atoms with Crippen molar-refractivity contribution in [3.63, 3.8) is 0 Å². The highest BCUT2D eigenvalue weighted by Crippen LogP contribution is 2.28. The number of rotatable bonds is 4. The molecule has 3 aromatic carbocycles. The first-order chi connectivity index (χ1) is 14.1. The van der Waals surface area contributed by atoms with Gasteiger partial charge in [-0.3, -0.25) is 9.59 Å². The van der Waals surface area contributed by atoms with E-state index in [-0.39, 0.29) is 17.1 Å². The Hall–Kier alpha value is -4.26. The lowest BCUT2D eigenvalue weighted by Crippen LogP contribution is -2.29. The Morgan fingerprint density at radius 2 is 1.38 bits per heavy atom. The van der Waals surface area contributed by atoms with Crippen LogP contribution in [0.5, 0.6) is 0 Å². The van der Waals surface area contributed by atoms with Gasteiger partial charge in [-0.25, -0.2) is 9.69 Å². The molecule has 0 aliphatic carbocycles. The predicted molar refractivity (Wildman–Crippen MR) is 107 cm³/mol. The third-order valence-electron chi connectivity index (χ3n) is 4.43. The van der Waals surface area contributed by atoms with Crippen LogP contribution in [0.1, 0.15) is 36.6 Å². The fourth-order valence-electron chi connectivity index (χ4n) is 3.00. The molecule has 2 N–H and O–H groups in total. The van der Waals surface area contributed by atoms with Gasteiger partial charge in [0.2, 0.25) is 0 Å². The Balaban J connectivity index is 1.56. The SMILES string of the molecule is N/C(=N\OC(=O)c1cccc(N2C(=O)c3ccccc3C2=O)c1)c1ccccc1. The third-order valence-corrected chi connectivity index (χ3v) is 4.43. The summed E-state index contributed by atoms with van der Waals surface area (Å²) in [6, 6.07) is 21.4. The number of carbonyl (C=O) groups is 3. The van der Waals surface area contributed by atoms with Crippen LogP contribution in [0.3, 0.4) is 0 Å². The van der Waals surface area contributed by atoms with E-state index in [0.717, 1.165) is 4.90 Å². The molecule has 0 spiro atoms. The summed E-state index contributed by atoms with van der Waals surface area (Å²) in [7, 11) is 0. The number of hydrogen-bond donors (Lipinski definition) is 1. The number of fused-ring (bicyclic) bond motifs is 1. The quantitative estimate of drug-likeness (QED) is 0.245. The smallest absolute Gasteiger partial charge is 0.365 e. The highest BCUT2D eigenvalue weighted by atomic mass is 16.7. The molecule has 0 bridgehead atoms. The molecule has 0 unspecified atom stereocenters. The summed E-state index contributed by atoms with van der Waals surface area (Å²) < 4.78 is 0. The van der Waals surface area contributed by atoms with Gasteiger partial charge >= 0.3 is 5.97 Å². The molecule has 0 saturated carbocycles. The maximum Gasteiger partial charge on any atom is 0.365 e. The number of anilines is 1. The Morgan fingerprint density at radius 1 is 0.793 bits per heavy atom. The lowest BCUT2D eigenvalue weighted by atomic mass is 10.1. The fraction of sp³-hybridized carbons (Fsp3) is 0. The van der Waals surface area contributed by atoms with Crippen molar-refractivity contribution < 1.29 is 19.2 Å². The average Bonchev–Trinajstić information content (AvgIpc) is 3.03. The Bertz CT molecular complexity index is 1120. The van der Waals surface area contributed by atoms with Crippen molar-refractivity contribution in [2.24, 2.45) is 10.9 Å². The molecule has 2 amide bonds. The van der Waals surface area contributed by atoms with Crippen molar-refractivity contribution in [2.75, 3.05) is 4.90 Å². The van der Waals surface area contributed by atoms with Crippen LogP contribution in [0, 0.1) is 0 Å². The van der Waals surface area contributed by atoms with Crippen LogP contribution in [-0.4, -0.2) is 23.6 Å². The summed E-state index contributed by atoms with van der Waals surface area (Å²) in [5, 5.41) is 3.66. The first-order valence-corrected chi connectivity index (χ1v) is 8.74. The molecule has 0 fully saturated rings. The van der Waals surface area contributed by atoms with E-state index in [1.165, 1.54) is 12.1 Å². The van der Waals surface area contributed by atoms with Gasteiger partial charge in [0.15, 0.2) is 5.84 Å². The minimum absolute atomic E-state index is 0.0513. The zero-order valence-corrected chi connectivity index (χ0v) is 15.1. The summed E-state index contributed by atoms with van der Waals surface area (Å²) in [4.78, 5) is 43.5. The number of hydrogen-bond acceptors (Lipinski definition) is 5. The minimum Gasteiger partial charge on any atom is -0.380 e. The topological polar surface area (TPSA) is 102 Å². The van der Waals surface area contributed by atoms with Gasteiger partial charge in [-0.1, -0.05) is 53.7 Å². The lowest BCUT2D eigenvalue weighted by Gasteiger charge is -2.14. The van der Waals surface area contributed by atoms with Gasteiger partial charge in [0.25, 0.3) is 11.8 Å². The molecule has 4 rings (SSSR count). The van der Waals surface area contributed by atoms with Gasteiger partial charge in [-0.15, -0.1) is 0 Å². The van der Waals surface area contributed by atoms with E-state index >= 15 is 0 Å². The van der Waals surface area contributed by atoms with Crippen molar-refractivity contribution in [3.8, 4) is 0 Å². The number of nitrogens with zero attached hydrogens (tertiary/aromatic N) is 2. The van der Waals surface area contributed by atoms with Crippen LogP contribution in [-0.2, 0) is 4.84 Å². The lowest BCUT2D eigenvalue weighted by molar-refractivity contribution is 0.0515. The normalized spacial score (nSPS) is 13.4. The number of oxime groups is 1. The van der Waals surface area contributed by atoms with Crippen LogP contribution in [0.2, 0.25) is 0 Å². The number of amidine groups is 1. The molecule has 0 atom stereocenters. The van der Waals surface area contributed by atoms with Crippen molar-refractivity contribution in [1.82, 2.24) is 0 Å².